The molecule has 2 amide bonds. The van der Waals surface area contributed by atoms with Gasteiger partial charge in [0.15, 0.2) is 22.5 Å². The van der Waals surface area contributed by atoms with Gasteiger partial charge in [-0.2, -0.15) is 0 Å². The highest BCUT2D eigenvalue weighted by Gasteiger charge is 2.14. The lowest BCUT2D eigenvalue weighted by molar-refractivity contribution is -0.116. The number of hydrogen-bond acceptors (Lipinski definition) is 7. The van der Waals surface area contributed by atoms with Gasteiger partial charge in [-0.3, -0.25) is 9.59 Å². The summed E-state index contributed by atoms with van der Waals surface area (Å²) in [5.74, 6) is 1.21. The van der Waals surface area contributed by atoms with E-state index in [0.29, 0.717) is 44.8 Å². The minimum atomic E-state index is -0.309. The molecule has 0 saturated heterocycles. The monoisotopic (exact) mass is 561 g/mol. The highest BCUT2D eigenvalue weighted by atomic mass is 35.5. The van der Waals surface area contributed by atoms with E-state index < -0.39 is 0 Å². The molecule has 9 nitrogen and oxygen atoms in total. The Morgan fingerprint density at radius 1 is 1.08 bits per heavy atom. The van der Waals surface area contributed by atoms with Crippen LogP contribution in [0.15, 0.2) is 60.3 Å². The van der Waals surface area contributed by atoms with Gasteiger partial charge in [0.25, 0.3) is 0 Å². The fourth-order valence-corrected chi connectivity index (χ4v) is 4.47. The lowest BCUT2D eigenvalue weighted by Crippen LogP contribution is -2.23. The average Bonchev–Trinajstić information content (AvgIpc) is 3.25. The summed E-state index contributed by atoms with van der Waals surface area (Å²) < 4.78 is 12.3. The van der Waals surface area contributed by atoms with Crippen molar-refractivity contribution in [1.82, 2.24) is 20.1 Å². The van der Waals surface area contributed by atoms with E-state index in [2.05, 4.69) is 27.4 Å². The van der Waals surface area contributed by atoms with Crippen LogP contribution in [0.4, 0.5) is 5.69 Å². The minimum Gasteiger partial charge on any atom is -0.493 e. The summed E-state index contributed by atoms with van der Waals surface area (Å²) in [5, 5.41) is 15.2. The topological polar surface area (TPSA) is 107 Å². The molecular weight excluding hydrogens is 537 g/mol. The van der Waals surface area contributed by atoms with Crippen molar-refractivity contribution in [3.05, 3.63) is 76.6 Å². The second-order valence-corrected chi connectivity index (χ2v) is 9.27. The normalized spacial score (nSPS) is 10.8. The molecule has 0 atom stereocenters. The molecule has 0 aliphatic rings. The number of halogens is 2. The molecule has 37 heavy (non-hydrogen) atoms. The van der Waals surface area contributed by atoms with Gasteiger partial charge in [-0.1, -0.05) is 47.1 Å². The maximum absolute atomic E-state index is 12.4. The van der Waals surface area contributed by atoms with Crippen LogP contribution in [0.25, 0.3) is 6.08 Å². The Bertz CT molecular complexity index is 1290. The lowest BCUT2D eigenvalue weighted by Gasteiger charge is -2.09. The van der Waals surface area contributed by atoms with Crippen LogP contribution in [-0.2, 0) is 22.7 Å². The Hall–Kier alpha value is -3.47. The van der Waals surface area contributed by atoms with Gasteiger partial charge in [0.1, 0.15) is 0 Å². The Balaban J connectivity index is 1.58. The largest absolute Gasteiger partial charge is 0.493 e. The van der Waals surface area contributed by atoms with Crippen molar-refractivity contribution in [1.29, 1.82) is 0 Å². The van der Waals surface area contributed by atoms with Gasteiger partial charge in [-0.25, -0.2) is 0 Å². The highest BCUT2D eigenvalue weighted by Crippen LogP contribution is 2.28. The number of methoxy groups -OCH3 is 2. The number of carbonyl (C=O) groups excluding carboxylic acids is 2. The Morgan fingerprint density at radius 3 is 2.49 bits per heavy atom. The number of allylic oxidation sites excluding steroid dienone is 1. The third kappa shape index (κ3) is 8.28. The molecule has 3 rings (SSSR count). The van der Waals surface area contributed by atoms with Crippen LogP contribution in [0, 0.1) is 0 Å². The van der Waals surface area contributed by atoms with E-state index >= 15 is 0 Å². The first kappa shape index (κ1) is 28.1. The Labute approximate surface area is 228 Å². The van der Waals surface area contributed by atoms with Gasteiger partial charge in [0, 0.05) is 28.4 Å². The average molecular weight is 562 g/mol. The fourth-order valence-electron chi connectivity index (χ4n) is 3.18. The molecule has 1 heterocycles. The van der Waals surface area contributed by atoms with Crippen LogP contribution in [0.5, 0.6) is 11.5 Å². The standard InChI is InChI=1S/C25H25Cl2N5O4S/c1-4-9-32-22(14-28-23(33)8-6-16-5-7-20(35-2)21(10-16)36-3)30-31-25(32)37-15-24(34)29-19-12-17(26)11-18(27)13-19/h4-8,10-13H,1,9,14-15H2,2-3H3,(H,28,33)(H,29,34). The molecule has 194 valence electrons. The van der Waals surface area contributed by atoms with Crippen LogP contribution < -0.4 is 20.1 Å². The van der Waals surface area contributed by atoms with Crippen LogP contribution >= 0.6 is 35.0 Å². The maximum Gasteiger partial charge on any atom is 0.244 e. The molecule has 0 unspecified atom stereocenters. The third-order valence-corrected chi connectivity index (χ3v) is 6.24. The molecule has 0 fully saturated rings. The number of hydrogen-bond donors (Lipinski definition) is 2. The van der Waals surface area contributed by atoms with Crippen molar-refractivity contribution >= 4 is 58.5 Å². The molecule has 2 N–H and O–H groups in total. The number of rotatable bonds is 12. The number of nitrogens with zero attached hydrogens (tertiary/aromatic N) is 3. The molecule has 0 saturated carbocycles. The second kappa shape index (κ2) is 13.7. The van der Waals surface area contributed by atoms with E-state index in [-0.39, 0.29) is 24.1 Å². The number of ether oxygens (including phenoxy) is 2. The van der Waals surface area contributed by atoms with Gasteiger partial charge < -0.3 is 24.7 Å². The number of nitrogens with one attached hydrogen (secondary N) is 2. The summed E-state index contributed by atoms with van der Waals surface area (Å²) in [6.07, 6.45) is 4.76. The maximum atomic E-state index is 12.4. The number of thioether (sulfide) groups is 1. The van der Waals surface area contributed by atoms with Crippen molar-refractivity contribution in [2.24, 2.45) is 0 Å². The molecule has 0 aliphatic heterocycles. The lowest BCUT2D eigenvalue weighted by atomic mass is 10.2. The number of aromatic nitrogens is 3. The SMILES string of the molecule is C=CCn1c(CNC(=O)C=Cc2ccc(OC)c(OC)c2)nnc1SCC(=O)Nc1cc(Cl)cc(Cl)c1. The molecular formula is C25H25Cl2N5O4S. The zero-order valence-corrected chi connectivity index (χ0v) is 22.5. The summed E-state index contributed by atoms with van der Waals surface area (Å²) in [4.78, 5) is 24.8. The molecule has 0 aliphatic carbocycles. The molecule has 3 aromatic rings. The molecule has 2 aromatic carbocycles. The summed E-state index contributed by atoms with van der Waals surface area (Å²) in [6, 6.07) is 10.1. The van der Waals surface area contributed by atoms with Crippen LogP contribution in [0.3, 0.4) is 0 Å². The summed E-state index contributed by atoms with van der Waals surface area (Å²) in [7, 11) is 3.10. The van der Waals surface area contributed by atoms with Crippen molar-refractivity contribution in [2.75, 3.05) is 25.3 Å². The molecule has 0 spiro atoms. The van der Waals surface area contributed by atoms with Crippen molar-refractivity contribution in [3.8, 4) is 11.5 Å². The highest BCUT2D eigenvalue weighted by molar-refractivity contribution is 7.99. The molecule has 12 heteroatoms. The van der Waals surface area contributed by atoms with E-state index in [1.54, 1.807) is 61.3 Å². The van der Waals surface area contributed by atoms with Gasteiger partial charge in [0.2, 0.25) is 11.8 Å². The number of benzene rings is 2. The smallest absolute Gasteiger partial charge is 0.244 e. The fraction of sp³-hybridized carbons (Fsp3) is 0.200. The zero-order chi connectivity index (χ0) is 26.8. The predicted octanol–water partition coefficient (Wildman–Crippen LogP) is 4.85. The van der Waals surface area contributed by atoms with Crippen molar-refractivity contribution < 1.29 is 19.1 Å². The van der Waals surface area contributed by atoms with Gasteiger partial charge in [-0.15, -0.1) is 16.8 Å². The summed E-state index contributed by atoms with van der Waals surface area (Å²) in [5.41, 5.74) is 1.28. The van der Waals surface area contributed by atoms with E-state index in [1.165, 1.54) is 17.8 Å². The van der Waals surface area contributed by atoms with E-state index in [0.717, 1.165) is 5.56 Å². The van der Waals surface area contributed by atoms with Crippen molar-refractivity contribution in [2.45, 2.75) is 18.2 Å². The van der Waals surface area contributed by atoms with Crippen LogP contribution in [-0.4, -0.2) is 46.6 Å². The predicted molar refractivity (Wildman–Crippen MR) is 146 cm³/mol. The number of amides is 2. The quantitative estimate of drug-likeness (QED) is 0.185. The van der Waals surface area contributed by atoms with Gasteiger partial charge in [-0.05, 0) is 42.0 Å². The van der Waals surface area contributed by atoms with Crippen molar-refractivity contribution in [3.63, 3.8) is 0 Å². The Morgan fingerprint density at radius 2 is 1.81 bits per heavy atom. The zero-order valence-electron chi connectivity index (χ0n) is 20.2. The first-order chi connectivity index (χ1) is 17.8. The van der Waals surface area contributed by atoms with E-state index in [4.69, 9.17) is 32.7 Å². The number of carbonyl (C=O) groups is 2. The summed E-state index contributed by atoms with van der Waals surface area (Å²) in [6.45, 7) is 4.32. The van der Waals surface area contributed by atoms with Crippen LogP contribution in [0.1, 0.15) is 11.4 Å². The van der Waals surface area contributed by atoms with Crippen LogP contribution in [0.2, 0.25) is 10.0 Å². The summed E-state index contributed by atoms with van der Waals surface area (Å²) >= 11 is 13.2. The van der Waals surface area contributed by atoms with Gasteiger partial charge >= 0.3 is 0 Å². The Kier molecular flexibility index (Phi) is 10.4. The third-order valence-electron chi connectivity index (χ3n) is 4.84. The van der Waals surface area contributed by atoms with E-state index in [1.807, 2.05) is 6.07 Å². The number of anilines is 1. The molecule has 0 radical (unpaired) electrons. The minimum absolute atomic E-state index is 0.0832. The van der Waals surface area contributed by atoms with Gasteiger partial charge in [0.05, 0.1) is 26.5 Å². The first-order valence-electron chi connectivity index (χ1n) is 10.9. The first-order valence-corrected chi connectivity index (χ1v) is 12.7. The van der Waals surface area contributed by atoms with E-state index in [9.17, 15) is 9.59 Å². The second-order valence-electron chi connectivity index (χ2n) is 7.46. The molecule has 0 bridgehead atoms. The molecule has 1 aromatic heterocycles.